The molecule has 2 aromatic carbocycles. The lowest BCUT2D eigenvalue weighted by Crippen LogP contribution is -1.95. The fourth-order valence-corrected chi connectivity index (χ4v) is 2.00. The Kier molecular flexibility index (Phi) is 3.09. The van der Waals surface area contributed by atoms with E-state index in [1.54, 1.807) is 11.8 Å². The third-order valence-electron chi connectivity index (χ3n) is 3.03. The molecule has 2 N–H and O–H groups in total. The predicted molar refractivity (Wildman–Crippen MR) is 77.8 cm³/mol. The molecule has 5 heteroatoms. The molecule has 0 fully saturated rings. The normalized spacial score (nSPS) is 10.4. The fourth-order valence-electron chi connectivity index (χ4n) is 2.00. The highest BCUT2D eigenvalue weighted by molar-refractivity contribution is 5.66. The summed E-state index contributed by atoms with van der Waals surface area (Å²) in [5, 5.41) is 8.33. The summed E-state index contributed by atoms with van der Waals surface area (Å²) < 4.78 is 7.05. The number of ether oxygens (including phenoxy) is 1. The Hall–Kier alpha value is -2.82. The Balaban J connectivity index is 2.00. The van der Waals surface area contributed by atoms with Crippen molar-refractivity contribution in [3.05, 3.63) is 54.7 Å². The van der Waals surface area contributed by atoms with Gasteiger partial charge < -0.3 is 10.5 Å². The number of benzene rings is 2. The van der Waals surface area contributed by atoms with Crippen LogP contribution in [-0.4, -0.2) is 22.1 Å². The second-order valence-corrected chi connectivity index (χ2v) is 4.34. The summed E-state index contributed by atoms with van der Waals surface area (Å²) in [5.74, 6) is 0.775. The quantitative estimate of drug-likeness (QED) is 0.740. The van der Waals surface area contributed by atoms with Crippen LogP contribution < -0.4 is 10.5 Å². The average Bonchev–Trinajstić information content (AvgIpc) is 2.97. The Morgan fingerprint density at radius 1 is 1.05 bits per heavy atom. The van der Waals surface area contributed by atoms with Crippen LogP contribution in [0.25, 0.3) is 16.9 Å². The van der Waals surface area contributed by atoms with Crippen LogP contribution in [0.1, 0.15) is 0 Å². The summed E-state index contributed by atoms with van der Waals surface area (Å²) in [5.41, 5.74) is 8.99. The third-order valence-corrected chi connectivity index (χ3v) is 3.03. The van der Waals surface area contributed by atoms with Crippen LogP contribution in [-0.2, 0) is 0 Å². The average molecular weight is 266 g/mol. The van der Waals surface area contributed by atoms with E-state index in [-0.39, 0.29) is 0 Å². The number of hydrogen-bond donors (Lipinski definition) is 1. The van der Waals surface area contributed by atoms with E-state index in [4.69, 9.17) is 10.5 Å². The molecule has 3 rings (SSSR count). The first-order valence-corrected chi connectivity index (χ1v) is 6.19. The molecule has 0 unspecified atom stereocenters. The maximum atomic E-state index is 5.68. The van der Waals surface area contributed by atoms with E-state index in [1.807, 2.05) is 54.7 Å². The van der Waals surface area contributed by atoms with Crippen molar-refractivity contribution in [3.63, 3.8) is 0 Å². The fraction of sp³-hybridized carbons (Fsp3) is 0.0667. The maximum absolute atomic E-state index is 5.68. The SMILES string of the molecule is COc1ccccc1-c1cn(-c2ccc(N)cc2)nn1. The van der Waals surface area contributed by atoms with Crippen molar-refractivity contribution >= 4 is 5.69 Å². The molecule has 0 saturated heterocycles. The molecule has 20 heavy (non-hydrogen) atoms. The van der Waals surface area contributed by atoms with E-state index in [1.165, 1.54) is 0 Å². The summed E-state index contributed by atoms with van der Waals surface area (Å²) in [6.07, 6.45) is 1.86. The molecule has 0 bridgehead atoms. The van der Waals surface area contributed by atoms with Gasteiger partial charge in [-0.25, -0.2) is 4.68 Å². The first kappa shape index (κ1) is 12.2. The van der Waals surface area contributed by atoms with E-state index in [0.717, 1.165) is 28.4 Å². The topological polar surface area (TPSA) is 66.0 Å². The van der Waals surface area contributed by atoms with Gasteiger partial charge in [0, 0.05) is 11.3 Å². The lowest BCUT2D eigenvalue weighted by Gasteiger charge is -2.04. The molecule has 0 atom stereocenters. The number of anilines is 1. The summed E-state index contributed by atoms with van der Waals surface area (Å²) in [6, 6.07) is 15.2. The first-order valence-electron chi connectivity index (χ1n) is 6.19. The molecule has 100 valence electrons. The molecule has 3 aromatic rings. The molecule has 0 aliphatic carbocycles. The van der Waals surface area contributed by atoms with E-state index in [9.17, 15) is 0 Å². The summed E-state index contributed by atoms with van der Waals surface area (Å²) >= 11 is 0. The van der Waals surface area contributed by atoms with Gasteiger partial charge in [-0.15, -0.1) is 5.10 Å². The van der Waals surface area contributed by atoms with Gasteiger partial charge in [0.1, 0.15) is 11.4 Å². The standard InChI is InChI=1S/C15H14N4O/c1-20-15-5-3-2-4-13(15)14-10-19(18-17-14)12-8-6-11(16)7-9-12/h2-10H,16H2,1H3. The molecular weight excluding hydrogens is 252 g/mol. The van der Waals surface area contributed by atoms with Gasteiger partial charge in [0.25, 0.3) is 0 Å². The minimum Gasteiger partial charge on any atom is -0.496 e. The first-order chi connectivity index (χ1) is 9.78. The number of nitrogen functional groups attached to an aromatic ring is 1. The Morgan fingerprint density at radius 2 is 1.80 bits per heavy atom. The van der Waals surface area contributed by atoms with Crippen molar-refractivity contribution in [2.24, 2.45) is 0 Å². The highest BCUT2D eigenvalue weighted by atomic mass is 16.5. The maximum Gasteiger partial charge on any atom is 0.128 e. The monoisotopic (exact) mass is 266 g/mol. The van der Waals surface area contributed by atoms with Crippen molar-refractivity contribution in [3.8, 4) is 22.7 Å². The minimum absolute atomic E-state index is 0.721. The number of nitrogens with two attached hydrogens (primary N) is 1. The lowest BCUT2D eigenvalue weighted by molar-refractivity contribution is 0.416. The Morgan fingerprint density at radius 3 is 2.55 bits per heavy atom. The second-order valence-electron chi connectivity index (χ2n) is 4.34. The van der Waals surface area contributed by atoms with Gasteiger partial charge in [0.05, 0.1) is 19.0 Å². The van der Waals surface area contributed by atoms with Gasteiger partial charge in [-0.2, -0.15) is 0 Å². The second kappa shape index (κ2) is 5.05. The molecule has 0 spiro atoms. The van der Waals surface area contributed by atoms with E-state index >= 15 is 0 Å². The van der Waals surface area contributed by atoms with Crippen molar-refractivity contribution in [1.82, 2.24) is 15.0 Å². The molecular formula is C15H14N4O. The van der Waals surface area contributed by atoms with Gasteiger partial charge in [0.15, 0.2) is 0 Å². The Labute approximate surface area is 116 Å². The number of hydrogen-bond acceptors (Lipinski definition) is 4. The minimum atomic E-state index is 0.721. The van der Waals surface area contributed by atoms with Crippen LogP contribution in [0.4, 0.5) is 5.69 Å². The van der Waals surface area contributed by atoms with Crippen LogP contribution in [0.2, 0.25) is 0 Å². The number of para-hydroxylation sites is 1. The van der Waals surface area contributed by atoms with Crippen molar-refractivity contribution in [2.45, 2.75) is 0 Å². The van der Waals surface area contributed by atoms with Crippen LogP contribution >= 0.6 is 0 Å². The number of nitrogens with zero attached hydrogens (tertiary/aromatic N) is 3. The van der Waals surface area contributed by atoms with Crippen molar-refractivity contribution < 1.29 is 4.74 Å². The van der Waals surface area contributed by atoms with Gasteiger partial charge >= 0.3 is 0 Å². The highest BCUT2D eigenvalue weighted by Gasteiger charge is 2.09. The summed E-state index contributed by atoms with van der Waals surface area (Å²) in [7, 11) is 1.64. The zero-order valence-electron chi connectivity index (χ0n) is 11.0. The van der Waals surface area contributed by atoms with E-state index in [0.29, 0.717) is 0 Å². The zero-order valence-corrected chi connectivity index (χ0v) is 11.0. The largest absolute Gasteiger partial charge is 0.496 e. The molecule has 0 aliphatic rings. The van der Waals surface area contributed by atoms with Gasteiger partial charge in [-0.1, -0.05) is 17.3 Å². The Bertz CT molecular complexity index is 719. The van der Waals surface area contributed by atoms with Crippen molar-refractivity contribution in [2.75, 3.05) is 12.8 Å². The van der Waals surface area contributed by atoms with Crippen LogP contribution in [0.3, 0.4) is 0 Å². The highest BCUT2D eigenvalue weighted by Crippen LogP contribution is 2.28. The molecule has 5 nitrogen and oxygen atoms in total. The van der Waals surface area contributed by atoms with E-state index in [2.05, 4.69) is 10.3 Å². The third kappa shape index (κ3) is 2.21. The van der Waals surface area contributed by atoms with Crippen LogP contribution in [0, 0.1) is 0 Å². The van der Waals surface area contributed by atoms with Crippen LogP contribution in [0.15, 0.2) is 54.7 Å². The predicted octanol–water partition coefficient (Wildman–Crippen LogP) is 2.53. The number of methoxy groups -OCH3 is 1. The van der Waals surface area contributed by atoms with Gasteiger partial charge in [-0.05, 0) is 36.4 Å². The molecule has 1 aromatic heterocycles. The molecule has 0 amide bonds. The molecule has 0 saturated carbocycles. The summed E-state index contributed by atoms with van der Waals surface area (Å²) in [4.78, 5) is 0. The van der Waals surface area contributed by atoms with Crippen LogP contribution in [0.5, 0.6) is 5.75 Å². The van der Waals surface area contributed by atoms with Crippen molar-refractivity contribution in [1.29, 1.82) is 0 Å². The number of aromatic nitrogens is 3. The number of rotatable bonds is 3. The molecule has 0 radical (unpaired) electrons. The summed E-state index contributed by atoms with van der Waals surface area (Å²) in [6.45, 7) is 0. The van der Waals surface area contributed by atoms with Gasteiger partial charge in [-0.3, -0.25) is 0 Å². The van der Waals surface area contributed by atoms with E-state index < -0.39 is 0 Å². The zero-order chi connectivity index (χ0) is 13.9. The molecule has 1 heterocycles. The molecule has 0 aliphatic heterocycles. The smallest absolute Gasteiger partial charge is 0.128 e. The lowest BCUT2D eigenvalue weighted by atomic mass is 10.1. The van der Waals surface area contributed by atoms with Gasteiger partial charge in [0.2, 0.25) is 0 Å².